The molecule has 0 aliphatic carbocycles. The normalized spacial score (nSPS) is 15.0. The molecule has 0 unspecified atom stereocenters. The average molecular weight is 477 g/mol. The van der Waals surface area contributed by atoms with E-state index < -0.39 is 20.9 Å². The summed E-state index contributed by atoms with van der Waals surface area (Å²) in [5.41, 5.74) is 1.91. The van der Waals surface area contributed by atoms with Crippen molar-refractivity contribution in [3.05, 3.63) is 64.9 Å². The fraction of sp³-hybridized carbons (Fsp3) is 0.348. The molecule has 0 spiro atoms. The summed E-state index contributed by atoms with van der Waals surface area (Å²) in [6, 6.07) is 10.9. The number of thiazole rings is 1. The van der Waals surface area contributed by atoms with Crippen LogP contribution in [-0.2, 0) is 16.3 Å². The van der Waals surface area contributed by atoms with Gasteiger partial charge in [0.1, 0.15) is 17.3 Å². The summed E-state index contributed by atoms with van der Waals surface area (Å²) in [7, 11) is -0.281. The van der Waals surface area contributed by atoms with Crippen molar-refractivity contribution < 1.29 is 22.3 Å². The van der Waals surface area contributed by atoms with Crippen LogP contribution in [0, 0.1) is 5.82 Å². The number of hydrogen-bond acceptors (Lipinski definition) is 7. The topological polar surface area (TPSA) is 68.7 Å². The van der Waals surface area contributed by atoms with Crippen molar-refractivity contribution in [1.82, 2.24) is 4.98 Å². The molecule has 1 aromatic heterocycles. The summed E-state index contributed by atoms with van der Waals surface area (Å²) in [4.78, 5) is 6.94. The van der Waals surface area contributed by atoms with Gasteiger partial charge in [-0.25, -0.2) is 17.8 Å². The van der Waals surface area contributed by atoms with Crippen molar-refractivity contribution >= 4 is 26.3 Å². The van der Waals surface area contributed by atoms with E-state index in [-0.39, 0.29) is 4.90 Å². The summed E-state index contributed by atoms with van der Waals surface area (Å²) in [6.45, 7) is 1.18. The second-order valence-electron chi connectivity index (χ2n) is 7.66. The lowest BCUT2D eigenvalue weighted by Crippen LogP contribution is -2.39. The summed E-state index contributed by atoms with van der Waals surface area (Å²) in [5, 5.41) is 2.38. The van der Waals surface area contributed by atoms with Crippen molar-refractivity contribution in [2.24, 2.45) is 0 Å². The molecular weight excluding hydrogens is 451 g/mol. The van der Waals surface area contributed by atoms with Crippen LogP contribution in [-0.4, -0.2) is 46.0 Å². The number of sulfone groups is 1. The van der Waals surface area contributed by atoms with E-state index >= 15 is 0 Å². The highest BCUT2D eigenvalue weighted by molar-refractivity contribution is 7.92. The van der Waals surface area contributed by atoms with E-state index in [1.165, 1.54) is 18.2 Å². The van der Waals surface area contributed by atoms with E-state index in [9.17, 15) is 12.8 Å². The van der Waals surface area contributed by atoms with Gasteiger partial charge in [-0.3, -0.25) is 0 Å². The molecule has 2 heterocycles. The number of rotatable bonds is 7. The molecule has 3 aromatic rings. The Bertz CT molecular complexity index is 1190. The lowest BCUT2D eigenvalue weighted by Gasteiger charge is -2.31. The SMILES string of the molecule is COc1ccc(OC)c(Cc2csc(N3CCC(S(=O)(=O)c4cccc(F)c4)CC3)n2)c1. The average Bonchev–Trinajstić information content (AvgIpc) is 3.27. The van der Waals surface area contributed by atoms with Crippen LogP contribution in [0.3, 0.4) is 0 Å². The first-order valence-corrected chi connectivity index (χ1v) is 12.7. The number of piperidine rings is 1. The van der Waals surface area contributed by atoms with Gasteiger partial charge in [-0.1, -0.05) is 6.07 Å². The first-order chi connectivity index (χ1) is 15.4. The molecule has 0 radical (unpaired) electrons. The Morgan fingerprint density at radius 2 is 1.91 bits per heavy atom. The zero-order valence-corrected chi connectivity index (χ0v) is 19.6. The molecule has 0 saturated carbocycles. The van der Waals surface area contributed by atoms with Gasteiger partial charge in [-0.15, -0.1) is 11.3 Å². The van der Waals surface area contributed by atoms with Gasteiger partial charge in [0, 0.05) is 30.5 Å². The van der Waals surface area contributed by atoms with E-state index in [1.54, 1.807) is 25.6 Å². The van der Waals surface area contributed by atoms with Crippen LogP contribution < -0.4 is 14.4 Å². The molecule has 0 amide bonds. The molecule has 170 valence electrons. The number of benzene rings is 2. The van der Waals surface area contributed by atoms with Crippen LogP contribution in [0.1, 0.15) is 24.1 Å². The molecule has 32 heavy (non-hydrogen) atoms. The summed E-state index contributed by atoms with van der Waals surface area (Å²) in [5.74, 6) is 1.01. The molecule has 0 bridgehead atoms. The minimum Gasteiger partial charge on any atom is -0.497 e. The lowest BCUT2D eigenvalue weighted by atomic mass is 10.1. The van der Waals surface area contributed by atoms with Crippen molar-refractivity contribution in [2.45, 2.75) is 29.4 Å². The number of ether oxygens (including phenoxy) is 2. The standard InChI is InChI=1S/C23H25FN2O4S2/c1-29-19-6-7-22(30-2)16(13-19)12-18-15-31-23(25-18)26-10-8-20(9-11-26)32(27,28)21-5-3-4-17(24)14-21/h3-7,13-15,20H,8-12H2,1-2H3. The quantitative estimate of drug-likeness (QED) is 0.506. The highest BCUT2D eigenvalue weighted by atomic mass is 32.2. The Hall–Kier alpha value is -2.65. The first kappa shape index (κ1) is 22.5. The zero-order chi connectivity index (χ0) is 22.7. The first-order valence-electron chi connectivity index (χ1n) is 10.3. The van der Waals surface area contributed by atoms with Gasteiger partial charge in [0.15, 0.2) is 15.0 Å². The van der Waals surface area contributed by atoms with E-state index in [0.29, 0.717) is 32.4 Å². The van der Waals surface area contributed by atoms with Gasteiger partial charge in [0.25, 0.3) is 0 Å². The summed E-state index contributed by atoms with van der Waals surface area (Å²) >= 11 is 1.55. The van der Waals surface area contributed by atoms with E-state index in [0.717, 1.165) is 34.0 Å². The van der Waals surface area contributed by atoms with Crippen molar-refractivity contribution in [1.29, 1.82) is 0 Å². The maximum Gasteiger partial charge on any atom is 0.185 e. The highest BCUT2D eigenvalue weighted by Gasteiger charge is 2.32. The second-order valence-corrected chi connectivity index (χ2v) is 10.7. The minimum absolute atomic E-state index is 0.0553. The number of methoxy groups -OCH3 is 2. The summed E-state index contributed by atoms with van der Waals surface area (Å²) in [6.07, 6.45) is 1.58. The maximum absolute atomic E-state index is 13.5. The third-order valence-corrected chi connectivity index (χ3v) is 8.89. The third kappa shape index (κ3) is 4.73. The van der Waals surface area contributed by atoms with Gasteiger partial charge in [0.2, 0.25) is 0 Å². The number of hydrogen-bond donors (Lipinski definition) is 0. The number of anilines is 1. The molecule has 6 nitrogen and oxygen atoms in total. The van der Waals surface area contributed by atoms with Crippen LogP contribution in [0.4, 0.5) is 9.52 Å². The lowest BCUT2D eigenvalue weighted by molar-refractivity contribution is 0.399. The van der Waals surface area contributed by atoms with Gasteiger partial charge < -0.3 is 14.4 Å². The summed E-state index contributed by atoms with van der Waals surface area (Å²) < 4.78 is 50.0. The van der Waals surface area contributed by atoms with Crippen LogP contribution in [0.5, 0.6) is 11.5 Å². The monoisotopic (exact) mass is 476 g/mol. The Kier molecular flexibility index (Phi) is 6.66. The van der Waals surface area contributed by atoms with Crippen molar-refractivity contribution in [3.8, 4) is 11.5 Å². The molecule has 0 atom stereocenters. The Morgan fingerprint density at radius 1 is 1.12 bits per heavy atom. The van der Waals surface area contributed by atoms with E-state index in [2.05, 4.69) is 4.90 Å². The predicted octanol–water partition coefficient (Wildman–Crippen LogP) is 4.33. The fourth-order valence-electron chi connectivity index (χ4n) is 3.93. The molecular formula is C23H25FN2O4S2. The number of nitrogens with zero attached hydrogens (tertiary/aromatic N) is 2. The van der Waals surface area contributed by atoms with Crippen LogP contribution in [0.25, 0.3) is 0 Å². The van der Waals surface area contributed by atoms with Crippen molar-refractivity contribution in [3.63, 3.8) is 0 Å². The molecule has 4 rings (SSSR count). The molecule has 0 N–H and O–H groups in total. The van der Waals surface area contributed by atoms with E-state index in [4.69, 9.17) is 14.5 Å². The highest BCUT2D eigenvalue weighted by Crippen LogP contribution is 2.31. The molecule has 2 aromatic carbocycles. The second kappa shape index (κ2) is 9.46. The fourth-order valence-corrected chi connectivity index (χ4v) is 6.57. The van der Waals surface area contributed by atoms with Crippen LogP contribution in [0.15, 0.2) is 52.7 Å². The largest absolute Gasteiger partial charge is 0.497 e. The van der Waals surface area contributed by atoms with Crippen LogP contribution in [0.2, 0.25) is 0 Å². The van der Waals surface area contributed by atoms with Gasteiger partial charge in [0.05, 0.1) is 30.1 Å². The Balaban J connectivity index is 1.42. The third-order valence-electron chi connectivity index (χ3n) is 5.67. The predicted molar refractivity (Wildman–Crippen MR) is 123 cm³/mol. The Morgan fingerprint density at radius 3 is 2.59 bits per heavy atom. The minimum atomic E-state index is -3.55. The number of aromatic nitrogens is 1. The number of halogens is 1. The maximum atomic E-state index is 13.5. The van der Waals surface area contributed by atoms with Gasteiger partial charge in [-0.05, 0) is 49.2 Å². The molecule has 1 fully saturated rings. The Labute approximate surface area is 191 Å². The van der Waals surface area contributed by atoms with Gasteiger partial charge >= 0.3 is 0 Å². The van der Waals surface area contributed by atoms with E-state index in [1.807, 2.05) is 23.6 Å². The zero-order valence-electron chi connectivity index (χ0n) is 18.0. The molecule has 1 aliphatic heterocycles. The smallest absolute Gasteiger partial charge is 0.185 e. The molecule has 1 aliphatic rings. The van der Waals surface area contributed by atoms with Crippen LogP contribution >= 0.6 is 11.3 Å². The van der Waals surface area contributed by atoms with Crippen molar-refractivity contribution in [2.75, 3.05) is 32.2 Å². The molecule has 9 heteroatoms. The van der Waals surface area contributed by atoms with Gasteiger partial charge in [-0.2, -0.15) is 0 Å². The molecule has 1 saturated heterocycles.